The van der Waals surface area contributed by atoms with E-state index in [9.17, 15) is 18.0 Å². The predicted molar refractivity (Wildman–Crippen MR) is 76.5 cm³/mol. The summed E-state index contributed by atoms with van der Waals surface area (Å²) in [6.45, 7) is 0.913. The molecule has 1 fully saturated rings. The largest absolute Gasteiger partial charge is 0.391 e. The summed E-state index contributed by atoms with van der Waals surface area (Å²) < 4.78 is 38.0. The first-order chi connectivity index (χ1) is 9.97. The quantitative estimate of drug-likeness (QED) is 0.818. The third kappa shape index (κ3) is 5.00. The molecule has 118 valence electrons. The van der Waals surface area contributed by atoms with E-state index in [1.165, 1.54) is 11.3 Å². The SMILES string of the molecule is O=C(NCCNC1CCCC(C(F)(F)F)C1)c1cccs1. The minimum absolute atomic E-state index is 0.107. The highest BCUT2D eigenvalue weighted by Gasteiger charge is 2.41. The van der Waals surface area contributed by atoms with E-state index in [0.717, 1.165) is 6.42 Å². The van der Waals surface area contributed by atoms with Crippen molar-refractivity contribution < 1.29 is 18.0 Å². The lowest BCUT2D eigenvalue weighted by molar-refractivity contribution is -0.183. The van der Waals surface area contributed by atoms with Gasteiger partial charge in [0.05, 0.1) is 10.8 Å². The van der Waals surface area contributed by atoms with Gasteiger partial charge in [0.25, 0.3) is 5.91 Å². The van der Waals surface area contributed by atoms with Gasteiger partial charge in [0.2, 0.25) is 0 Å². The van der Waals surface area contributed by atoms with E-state index in [2.05, 4.69) is 10.6 Å². The van der Waals surface area contributed by atoms with Gasteiger partial charge in [-0.05, 0) is 30.7 Å². The molecule has 2 N–H and O–H groups in total. The number of alkyl halides is 3. The minimum atomic E-state index is -4.09. The normalized spacial score (nSPS) is 23.0. The molecule has 0 radical (unpaired) electrons. The second-order valence-corrected chi connectivity index (χ2v) is 6.24. The van der Waals surface area contributed by atoms with Crippen molar-refractivity contribution in [1.29, 1.82) is 0 Å². The summed E-state index contributed by atoms with van der Waals surface area (Å²) in [5.74, 6) is -1.33. The highest BCUT2D eigenvalue weighted by atomic mass is 32.1. The molecule has 2 unspecified atom stereocenters. The smallest absolute Gasteiger partial charge is 0.350 e. The minimum Gasteiger partial charge on any atom is -0.350 e. The van der Waals surface area contributed by atoms with E-state index in [0.29, 0.717) is 24.4 Å². The fraction of sp³-hybridized carbons (Fsp3) is 0.643. The van der Waals surface area contributed by atoms with E-state index in [4.69, 9.17) is 0 Å². The van der Waals surface area contributed by atoms with Gasteiger partial charge >= 0.3 is 6.18 Å². The molecule has 0 aromatic carbocycles. The van der Waals surface area contributed by atoms with Gasteiger partial charge in [-0.3, -0.25) is 4.79 Å². The van der Waals surface area contributed by atoms with Gasteiger partial charge in [-0.1, -0.05) is 12.5 Å². The average Bonchev–Trinajstić information content (AvgIpc) is 2.97. The van der Waals surface area contributed by atoms with Crippen molar-refractivity contribution in [2.75, 3.05) is 13.1 Å². The first kappa shape index (κ1) is 16.3. The van der Waals surface area contributed by atoms with Gasteiger partial charge in [-0.25, -0.2) is 0 Å². The number of thiophene rings is 1. The average molecular weight is 320 g/mol. The Hall–Kier alpha value is -1.08. The fourth-order valence-electron chi connectivity index (χ4n) is 2.62. The number of halogens is 3. The Morgan fingerprint density at radius 3 is 2.81 bits per heavy atom. The van der Waals surface area contributed by atoms with Crippen LogP contribution in [-0.2, 0) is 0 Å². The summed E-state index contributed by atoms with van der Waals surface area (Å²) in [6.07, 6.45) is -2.35. The van der Waals surface area contributed by atoms with Crippen LogP contribution in [0.2, 0.25) is 0 Å². The highest BCUT2D eigenvalue weighted by Crippen LogP contribution is 2.37. The number of nitrogens with one attached hydrogen (secondary N) is 2. The lowest BCUT2D eigenvalue weighted by Crippen LogP contribution is -2.41. The first-order valence-corrected chi connectivity index (χ1v) is 7.96. The molecule has 1 aromatic rings. The van der Waals surface area contributed by atoms with Gasteiger partial charge in [0.1, 0.15) is 0 Å². The maximum atomic E-state index is 12.7. The molecule has 1 aliphatic rings. The second-order valence-electron chi connectivity index (χ2n) is 5.29. The Bertz CT molecular complexity index is 448. The molecule has 3 nitrogen and oxygen atoms in total. The van der Waals surface area contributed by atoms with Crippen LogP contribution in [0.3, 0.4) is 0 Å². The summed E-state index contributed by atoms with van der Waals surface area (Å²) in [6, 6.07) is 3.43. The van der Waals surface area contributed by atoms with Gasteiger partial charge in [-0.2, -0.15) is 13.2 Å². The van der Waals surface area contributed by atoms with Crippen molar-refractivity contribution in [3.05, 3.63) is 22.4 Å². The molecule has 21 heavy (non-hydrogen) atoms. The second kappa shape index (κ2) is 7.26. The Morgan fingerprint density at radius 2 is 2.14 bits per heavy atom. The van der Waals surface area contributed by atoms with Crippen molar-refractivity contribution in [1.82, 2.24) is 10.6 Å². The van der Waals surface area contributed by atoms with E-state index in [1.54, 1.807) is 12.1 Å². The maximum Gasteiger partial charge on any atom is 0.391 e. The van der Waals surface area contributed by atoms with Gasteiger partial charge in [0, 0.05) is 19.1 Å². The molecule has 0 saturated heterocycles. The van der Waals surface area contributed by atoms with Crippen LogP contribution in [0, 0.1) is 5.92 Å². The Kier molecular flexibility index (Phi) is 5.64. The van der Waals surface area contributed by atoms with Crippen LogP contribution in [0.4, 0.5) is 13.2 Å². The third-order valence-corrected chi connectivity index (χ3v) is 4.59. The molecule has 1 saturated carbocycles. The Balaban J connectivity index is 1.65. The van der Waals surface area contributed by atoms with Crippen LogP contribution >= 0.6 is 11.3 Å². The summed E-state index contributed by atoms with van der Waals surface area (Å²) in [4.78, 5) is 12.3. The van der Waals surface area contributed by atoms with Crippen molar-refractivity contribution in [3.63, 3.8) is 0 Å². The van der Waals surface area contributed by atoms with Gasteiger partial charge in [0.15, 0.2) is 0 Å². The van der Waals surface area contributed by atoms with Crippen LogP contribution in [0.5, 0.6) is 0 Å². The van der Waals surface area contributed by atoms with Crippen molar-refractivity contribution in [2.24, 2.45) is 5.92 Å². The molecule has 1 aromatic heterocycles. The first-order valence-electron chi connectivity index (χ1n) is 7.08. The lowest BCUT2D eigenvalue weighted by Gasteiger charge is -2.31. The summed E-state index contributed by atoms with van der Waals surface area (Å²) in [5, 5.41) is 7.69. The number of hydrogen-bond donors (Lipinski definition) is 2. The number of carbonyl (C=O) groups excluding carboxylic acids is 1. The number of carbonyl (C=O) groups is 1. The van der Waals surface area contributed by atoms with E-state index >= 15 is 0 Å². The molecule has 0 bridgehead atoms. The van der Waals surface area contributed by atoms with E-state index < -0.39 is 12.1 Å². The van der Waals surface area contributed by atoms with Crippen molar-refractivity contribution in [3.8, 4) is 0 Å². The molecule has 2 atom stereocenters. The van der Waals surface area contributed by atoms with Crippen LogP contribution in [0.15, 0.2) is 17.5 Å². The molecular weight excluding hydrogens is 301 g/mol. The molecular formula is C14H19F3N2OS. The molecule has 0 aliphatic heterocycles. The zero-order valence-electron chi connectivity index (χ0n) is 11.6. The Labute approximate surface area is 125 Å². The topological polar surface area (TPSA) is 41.1 Å². The van der Waals surface area contributed by atoms with Crippen LogP contribution in [-0.4, -0.2) is 31.2 Å². The lowest BCUT2D eigenvalue weighted by atomic mass is 9.85. The molecule has 1 amide bonds. The van der Waals surface area contributed by atoms with Crippen LogP contribution in [0.1, 0.15) is 35.4 Å². The van der Waals surface area contributed by atoms with Crippen LogP contribution in [0.25, 0.3) is 0 Å². The summed E-state index contributed by atoms with van der Waals surface area (Å²) in [5.41, 5.74) is 0. The van der Waals surface area contributed by atoms with Gasteiger partial charge < -0.3 is 10.6 Å². The predicted octanol–water partition coefficient (Wildman–Crippen LogP) is 3.19. The Morgan fingerprint density at radius 1 is 1.33 bits per heavy atom. The summed E-state index contributed by atoms with van der Waals surface area (Å²) in [7, 11) is 0. The third-order valence-electron chi connectivity index (χ3n) is 3.73. The molecule has 1 heterocycles. The standard InChI is InChI=1S/C14H19F3N2OS/c15-14(16,17)10-3-1-4-11(9-10)18-6-7-19-13(20)12-5-2-8-21-12/h2,5,8,10-11,18H,1,3-4,6-7,9H2,(H,19,20). The number of amides is 1. The number of hydrogen-bond acceptors (Lipinski definition) is 3. The fourth-order valence-corrected chi connectivity index (χ4v) is 3.26. The zero-order chi connectivity index (χ0) is 15.3. The summed E-state index contributed by atoms with van der Waals surface area (Å²) >= 11 is 1.36. The molecule has 0 spiro atoms. The molecule has 1 aliphatic carbocycles. The highest BCUT2D eigenvalue weighted by molar-refractivity contribution is 7.12. The van der Waals surface area contributed by atoms with Gasteiger partial charge in [-0.15, -0.1) is 11.3 Å². The van der Waals surface area contributed by atoms with Crippen LogP contribution < -0.4 is 10.6 Å². The maximum absolute atomic E-state index is 12.7. The van der Waals surface area contributed by atoms with Crippen molar-refractivity contribution in [2.45, 2.75) is 37.9 Å². The van der Waals surface area contributed by atoms with E-state index in [-0.39, 0.29) is 24.8 Å². The molecule has 7 heteroatoms. The molecule has 2 rings (SSSR count). The number of rotatable bonds is 5. The van der Waals surface area contributed by atoms with E-state index in [1.807, 2.05) is 5.38 Å². The monoisotopic (exact) mass is 320 g/mol. The zero-order valence-corrected chi connectivity index (χ0v) is 12.4. The van der Waals surface area contributed by atoms with Crippen molar-refractivity contribution >= 4 is 17.2 Å².